The number of hydrogen-bond acceptors (Lipinski definition) is 3. The number of carbonyl (C=O) groups is 2. The molecule has 1 atom stereocenters. The molecule has 0 heterocycles. The van der Waals surface area contributed by atoms with E-state index in [1.165, 1.54) is 0 Å². The second kappa shape index (κ2) is 8.98. The van der Waals surface area contributed by atoms with Crippen molar-refractivity contribution in [3.05, 3.63) is 0 Å². The maximum Gasteiger partial charge on any atom is 0.234 e. The molecule has 2 amide bonds. The minimum absolute atomic E-state index is 0.0726. The zero-order chi connectivity index (χ0) is 13.3. The van der Waals surface area contributed by atoms with Gasteiger partial charge >= 0.3 is 0 Å². The summed E-state index contributed by atoms with van der Waals surface area (Å²) in [4.78, 5) is 22.7. The smallest absolute Gasteiger partial charge is 0.234 e. The minimum atomic E-state index is -0.0745. The summed E-state index contributed by atoms with van der Waals surface area (Å²) in [5.41, 5.74) is 0. The number of hydrogen-bond donors (Lipinski definition) is 3. The van der Waals surface area contributed by atoms with Crippen LogP contribution in [0.25, 0.3) is 0 Å². The van der Waals surface area contributed by atoms with Crippen molar-refractivity contribution in [1.82, 2.24) is 16.0 Å². The second-order valence-corrected chi connectivity index (χ2v) is 4.55. The standard InChI is InChI=1S/C12H25N3O2/c1-5-6-14-11(16)7-13-8-12(17)15-10(4)9(2)3/h9-10,13H,5-8H2,1-4H3,(H,14,16)(H,15,17). The van der Waals surface area contributed by atoms with E-state index in [0.29, 0.717) is 12.5 Å². The Bertz CT molecular complexity index is 242. The third kappa shape index (κ3) is 8.68. The lowest BCUT2D eigenvalue weighted by Gasteiger charge is -2.17. The molecule has 0 aliphatic heterocycles. The predicted molar refractivity (Wildman–Crippen MR) is 68.6 cm³/mol. The largest absolute Gasteiger partial charge is 0.355 e. The average Bonchev–Trinajstić information content (AvgIpc) is 2.26. The van der Waals surface area contributed by atoms with Gasteiger partial charge in [-0.2, -0.15) is 0 Å². The van der Waals surface area contributed by atoms with E-state index in [1.54, 1.807) is 0 Å². The highest BCUT2D eigenvalue weighted by Gasteiger charge is 2.10. The van der Waals surface area contributed by atoms with Crippen molar-refractivity contribution in [3.8, 4) is 0 Å². The molecule has 0 aliphatic carbocycles. The van der Waals surface area contributed by atoms with Crippen molar-refractivity contribution < 1.29 is 9.59 Å². The van der Waals surface area contributed by atoms with Crippen LogP contribution in [0.15, 0.2) is 0 Å². The molecule has 5 nitrogen and oxygen atoms in total. The Morgan fingerprint density at radius 1 is 1.06 bits per heavy atom. The first-order valence-corrected chi connectivity index (χ1v) is 6.24. The number of rotatable bonds is 8. The van der Waals surface area contributed by atoms with Crippen molar-refractivity contribution in [1.29, 1.82) is 0 Å². The van der Waals surface area contributed by atoms with Gasteiger partial charge in [0.2, 0.25) is 11.8 Å². The van der Waals surface area contributed by atoms with Gasteiger partial charge in [-0.3, -0.25) is 14.9 Å². The molecule has 0 saturated carbocycles. The molecular formula is C12H25N3O2. The second-order valence-electron chi connectivity index (χ2n) is 4.55. The first-order chi connectivity index (χ1) is 7.97. The predicted octanol–water partition coefficient (Wildman–Crippen LogP) is 0.263. The first-order valence-electron chi connectivity index (χ1n) is 6.24. The number of carbonyl (C=O) groups excluding carboxylic acids is 2. The van der Waals surface area contributed by atoms with E-state index in [4.69, 9.17) is 0 Å². The van der Waals surface area contributed by atoms with Crippen LogP contribution in [-0.2, 0) is 9.59 Å². The van der Waals surface area contributed by atoms with E-state index in [2.05, 4.69) is 29.8 Å². The van der Waals surface area contributed by atoms with Gasteiger partial charge in [0.05, 0.1) is 13.1 Å². The topological polar surface area (TPSA) is 70.2 Å². The Morgan fingerprint density at radius 2 is 1.65 bits per heavy atom. The molecule has 0 aliphatic rings. The zero-order valence-electron chi connectivity index (χ0n) is 11.3. The average molecular weight is 243 g/mol. The van der Waals surface area contributed by atoms with Gasteiger partial charge in [-0.05, 0) is 19.3 Å². The van der Waals surface area contributed by atoms with Crippen LogP contribution in [0.3, 0.4) is 0 Å². The van der Waals surface area contributed by atoms with Crippen LogP contribution in [0.4, 0.5) is 0 Å². The summed E-state index contributed by atoms with van der Waals surface area (Å²) in [5.74, 6) is 0.262. The van der Waals surface area contributed by atoms with Gasteiger partial charge in [-0.1, -0.05) is 20.8 Å². The molecule has 0 fully saturated rings. The van der Waals surface area contributed by atoms with E-state index in [-0.39, 0.29) is 30.9 Å². The summed E-state index contributed by atoms with van der Waals surface area (Å²) in [6, 6.07) is 0.151. The van der Waals surface area contributed by atoms with Crippen LogP contribution < -0.4 is 16.0 Å². The van der Waals surface area contributed by atoms with E-state index >= 15 is 0 Å². The summed E-state index contributed by atoms with van der Waals surface area (Å²) < 4.78 is 0. The molecule has 5 heteroatoms. The monoisotopic (exact) mass is 243 g/mol. The van der Waals surface area contributed by atoms with Crippen LogP contribution in [-0.4, -0.2) is 37.5 Å². The third-order valence-corrected chi connectivity index (χ3v) is 2.53. The highest BCUT2D eigenvalue weighted by molar-refractivity contribution is 5.81. The molecular weight excluding hydrogens is 218 g/mol. The maximum atomic E-state index is 11.4. The van der Waals surface area contributed by atoms with Crippen molar-refractivity contribution in [2.75, 3.05) is 19.6 Å². The molecule has 100 valence electrons. The fourth-order valence-corrected chi connectivity index (χ4v) is 1.09. The van der Waals surface area contributed by atoms with Crippen molar-refractivity contribution in [2.45, 2.75) is 40.2 Å². The Labute approximate surface area is 104 Å². The summed E-state index contributed by atoms with van der Waals surface area (Å²) >= 11 is 0. The SMILES string of the molecule is CCCNC(=O)CNCC(=O)NC(C)C(C)C. The van der Waals surface area contributed by atoms with Crippen LogP contribution in [0.2, 0.25) is 0 Å². The maximum absolute atomic E-state index is 11.4. The molecule has 0 saturated heterocycles. The summed E-state index contributed by atoms with van der Waals surface area (Å²) in [5, 5.41) is 8.41. The van der Waals surface area contributed by atoms with Crippen molar-refractivity contribution >= 4 is 11.8 Å². The summed E-state index contributed by atoms with van der Waals surface area (Å²) in [7, 11) is 0. The molecule has 0 radical (unpaired) electrons. The van der Waals surface area contributed by atoms with Crippen molar-refractivity contribution in [2.24, 2.45) is 5.92 Å². The van der Waals surface area contributed by atoms with Crippen LogP contribution in [0.5, 0.6) is 0 Å². The van der Waals surface area contributed by atoms with Gasteiger partial charge in [-0.15, -0.1) is 0 Å². The number of amides is 2. The van der Waals surface area contributed by atoms with Crippen molar-refractivity contribution in [3.63, 3.8) is 0 Å². The van der Waals surface area contributed by atoms with Gasteiger partial charge in [0.25, 0.3) is 0 Å². The summed E-state index contributed by atoms with van der Waals surface area (Å²) in [6.07, 6.45) is 0.915. The molecule has 0 aromatic rings. The van der Waals surface area contributed by atoms with Gasteiger partial charge in [-0.25, -0.2) is 0 Å². The van der Waals surface area contributed by atoms with E-state index in [9.17, 15) is 9.59 Å². The highest BCUT2D eigenvalue weighted by atomic mass is 16.2. The van der Waals surface area contributed by atoms with Gasteiger partial charge < -0.3 is 10.6 Å². The Balaban J connectivity index is 3.61. The van der Waals surface area contributed by atoms with E-state index < -0.39 is 0 Å². The summed E-state index contributed by atoms with van der Waals surface area (Å²) in [6.45, 7) is 9.11. The third-order valence-electron chi connectivity index (χ3n) is 2.53. The zero-order valence-corrected chi connectivity index (χ0v) is 11.3. The van der Waals surface area contributed by atoms with Crippen LogP contribution in [0.1, 0.15) is 34.1 Å². The first kappa shape index (κ1) is 15.9. The molecule has 3 N–H and O–H groups in total. The molecule has 17 heavy (non-hydrogen) atoms. The lowest BCUT2D eigenvalue weighted by molar-refractivity contribution is -0.121. The lowest BCUT2D eigenvalue weighted by atomic mass is 10.1. The van der Waals surface area contributed by atoms with Crippen LogP contribution in [0, 0.1) is 5.92 Å². The quantitative estimate of drug-likeness (QED) is 0.573. The fourth-order valence-electron chi connectivity index (χ4n) is 1.09. The lowest BCUT2D eigenvalue weighted by Crippen LogP contribution is -2.43. The molecule has 0 spiro atoms. The van der Waals surface area contributed by atoms with E-state index in [0.717, 1.165) is 6.42 Å². The number of nitrogens with one attached hydrogen (secondary N) is 3. The Hall–Kier alpha value is -1.10. The normalized spacial score (nSPS) is 12.3. The highest BCUT2D eigenvalue weighted by Crippen LogP contribution is 1.98. The minimum Gasteiger partial charge on any atom is -0.355 e. The van der Waals surface area contributed by atoms with Crippen LogP contribution >= 0.6 is 0 Å². The fraction of sp³-hybridized carbons (Fsp3) is 0.833. The van der Waals surface area contributed by atoms with E-state index in [1.807, 2.05) is 13.8 Å². The molecule has 0 rings (SSSR count). The van der Waals surface area contributed by atoms with Gasteiger partial charge in [0.15, 0.2) is 0 Å². The van der Waals surface area contributed by atoms with Gasteiger partial charge in [0, 0.05) is 12.6 Å². The Morgan fingerprint density at radius 3 is 2.18 bits per heavy atom. The molecule has 0 aromatic carbocycles. The molecule has 1 unspecified atom stereocenters. The Kier molecular flexibility index (Phi) is 8.40. The molecule has 0 aromatic heterocycles. The van der Waals surface area contributed by atoms with Gasteiger partial charge in [0.1, 0.15) is 0 Å². The molecule has 0 bridgehead atoms.